The molecule has 1 saturated heterocycles. The molecule has 74 valence electrons. The Morgan fingerprint density at radius 2 is 2.07 bits per heavy atom. The zero-order valence-corrected chi connectivity index (χ0v) is 9.44. The van der Waals surface area contributed by atoms with Gasteiger partial charge in [0.15, 0.2) is 0 Å². The standard InChI is InChI=1S/C11H12OS2/c12-14-8-4-7-13-11(14)9-10-5-2-1-3-6-10/h1-3,5-6,9H,4,7-8H2. The first-order valence-electron chi connectivity index (χ1n) is 4.64. The quantitative estimate of drug-likeness (QED) is 0.729. The van der Waals surface area contributed by atoms with Gasteiger partial charge in [0.2, 0.25) is 0 Å². The van der Waals surface area contributed by atoms with Crippen molar-refractivity contribution in [1.29, 1.82) is 0 Å². The van der Waals surface area contributed by atoms with E-state index in [2.05, 4.69) is 0 Å². The molecule has 1 atom stereocenters. The maximum absolute atomic E-state index is 11.6. The molecule has 0 amide bonds. The number of hydrogen-bond acceptors (Lipinski definition) is 2. The van der Waals surface area contributed by atoms with Crippen molar-refractivity contribution in [2.45, 2.75) is 6.42 Å². The highest BCUT2D eigenvalue weighted by Crippen LogP contribution is 2.28. The van der Waals surface area contributed by atoms with Crippen LogP contribution in [-0.2, 0) is 10.8 Å². The molecule has 0 aromatic heterocycles. The maximum atomic E-state index is 11.6. The molecule has 0 bridgehead atoms. The summed E-state index contributed by atoms with van der Waals surface area (Å²) in [6.45, 7) is 0. The highest BCUT2D eigenvalue weighted by molar-refractivity contribution is 8.17. The smallest absolute Gasteiger partial charge is 0.0722 e. The summed E-state index contributed by atoms with van der Waals surface area (Å²) in [4.78, 5) is 0. The van der Waals surface area contributed by atoms with Gasteiger partial charge in [-0.1, -0.05) is 30.3 Å². The minimum Gasteiger partial charge on any atom is -0.254 e. The lowest BCUT2D eigenvalue weighted by atomic mass is 10.2. The Labute approximate surface area is 91.1 Å². The topological polar surface area (TPSA) is 17.1 Å². The largest absolute Gasteiger partial charge is 0.254 e. The Balaban J connectivity index is 2.21. The summed E-state index contributed by atoms with van der Waals surface area (Å²) in [5.41, 5.74) is 1.14. The van der Waals surface area contributed by atoms with Crippen molar-refractivity contribution in [3.63, 3.8) is 0 Å². The van der Waals surface area contributed by atoms with E-state index >= 15 is 0 Å². The van der Waals surface area contributed by atoms with E-state index in [4.69, 9.17) is 0 Å². The van der Waals surface area contributed by atoms with Gasteiger partial charge < -0.3 is 0 Å². The molecule has 1 fully saturated rings. The second-order valence-corrected chi connectivity index (χ2v) is 6.06. The Kier molecular flexibility index (Phi) is 3.43. The van der Waals surface area contributed by atoms with E-state index in [0.29, 0.717) is 0 Å². The minimum absolute atomic E-state index is 0.754. The van der Waals surface area contributed by atoms with Crippen LogP contribution in [0.2, 0.25) is 0 Å². The molecule has 2 rings (SSSR count). The molecule has 1 aromatic rings. The molecule has 3 heteroatoms. The third-order valence-corrected chi connectivity index (χ3v) is 5.06. The first-order valence-corrected chi connectivity index (χ1v) is 6.94. The molecule has 1 unspecified atom stereocenters. The van der Waals surface area contributed by atoms with E-state index in [1.807, 2.05) is 36.4 Å². The SMILES string of the molecule is O=S1CCCSC1=Cc1ccccc1. The van der Waals surface area contributed by atoms with Crippen molar-refractivity contribution in [2.24, 2.45) is 0 Å². The Bertz CT molecular complexity index is 357. The second-order valence-electron chi connectivity index (χ2n) is 3.13. The van der Waals surface area contributed by atoms with Crippen LogP contribution in [-0.4, -0.2) is 15.7 Å². The van der Waals surface area contributed by atoms with Gasteiger partial charge in [-0.15, -0.1) is 11.8 Å². The summed E-state index contributed by atoms with van der Waals surface area (Å²) in [5, 5.41) is 0. The first-order chi connectivity index (χ1) is 6.86. The van der Waals surface area contributed by atoms with Crippen LogP contribution in [0.4, 0.5) is 0 Å². The molecule has 0 spiro atoms. The molecule has 1 aliphatic heterocycles. The van der Waals surface area contributed by atoms with Gasteiger partial charge in [0.25, 0.3) is 0 Å². The van der Waals surface area contributed by atoms with Crippen LogP contribution >= 0.6 is 11.8 Å². The molecule has 1 heterocycles. The van der Waals surface area contributed by atoms with E-state index in [9.17, 15) is 4.21 Å². The van der Waals surface area contributed by atoms with E-state index < -0.39 is 10.8 Å². The molecule has 0 saturated carbocycles. The molecule has 14 heavy (non-hydrogen) atoms. The summed E-state index contributed by atoms with van der Waals surface area (Å²) < 4.78 is 12.7. The number of hydrogen-bond donors (Lipinski definition) is 0. The first kappa shape index (κ1) is 9.99. The van der Waals surface area contributed by atoms with Gasteiger partial charge in [-0.25, -0.2) is 0 Å². The van der Waals surface area contributed by atoms with Crippen molar-refractivity contribution in [3.05, 3.63) is 40.1 Å². The molecule has 0 N–H and O–H groups in total. The lowest BCUT2D eigenvalue weighted by Gasteiger charge is -2.12. The zero-order valence-electron chi connectivity index (χ0n) is 7.81. The minimum atomic E-state index is -0.754. The lowest BCUT2D eigenvalue weighted by molar-refractivity contribution is 0.686. The van der Waals surface area contributed by atoms with Crippen LogP contribution in [0, 0.1) is 0 Å². The third kappa shape index (κ3) is 2.49. The van der Waals surface area contributed by atoms with Crippen molar-refractivity contribution >= 4 is 28.6 Å². The Morgan fingerprint density at radius 1 is 1.29 bits per heavy atom. The van der Waals surface area contributed by atoms with E-state index in [1.54, 1.807) is 11.8 Å². The van der Waals surface area contributed by atoms with Crippen LogP contribution in [0.5, 0.6) is 0 Å². The average molecular weight is 224 g/mol. The van der Waals surface area contributed by atoms with Crippen LogP contribution in [0.3, 0.4) is 0 Å². The highest BCUT2D eigenvalue weighted by atomic mass is 32.2. The summed E-state index contributed by atoms with van der Waals surface area (Å²) in [7, 11) is -0.754. The molecule has 0 radical (unpaired) electrons. The predicted octanol–water partition coefficient (Wildman–Crippen LogP) is 2.87. The number of benzene rings is 1. The summed E-state index contributed by atoms with van der Waals surface area (Å²) in [5.74, 6) is 1.93. The van der Waals surface area contributed by atoms with E-state index in [0.717, 1.165) is 27.7 Å². The summed E-state index contributed by atoms with van der Waals surface area (Å²) in [6.07, 6.45) is 3.11. The second kappa shape index (κ2) is 4.80. The third-order valence-electron chi connectivity index (χ3n) is 2.03. The average Bonchev–Trinajstić information content (AvgIpc) is 2.23. The molecule has 1 aromatic carbocycles. The molecule has 1 aliphatic rings. The number of thioether (sulfide) groups is 1. The molecular weight excluding hydrogens is 212 g/mol. The predicted molar refractivity (Wildman–Crippen MR) is 64.5 cm³/mol. The monoisotopic (exact) mass is 224 g/mol. The summed E-state index contributed by atoms with van der Waals surface area (Å²) in [6, 6.07) is 10.1. The normalized spacial score (nSPS) is 25.1. The molecular formula is C11H12OS2. The van der Waals surface area contributed by atoms with Crippen LogP contribution in [0.25, 0.3) is 6.08 Å². The molecule has 1 nitrogen and oxygen atoms in total. The number of rotatable bonds is 1. The Morgan fingerprint density at radius 3 is 2.79 bits per heavy atom. The fourth-order valence-electron chi connectivity index (χ4n) is 1.32. The van der Waals surface area contributed by atoms with Crippen LogP contribution < -0.4 is 0 Å². The van der Waals surface area contributed by atoms with Crippen LogP contribution in [0.1, 0.15) is 12.0 Å². The van der Waals surface area contributed by atoms with E-state index in [-0.39, 0.29) is 0 Å². The fourth-order valence-corrected chi connectivity index (χ4v) is 4.11. The zero-order chi connectivity index (χ0) is 9.80. The van der Waals surface area contributed by atoms with Gasteiger partial charge in [-0.2, -0.15) is 0 Å². The van der Waals surface area contributed by atoms with E-state index in [1.165, 1.54) is 0 Å². The fraction of sp³-hybridized carbons (Fsp3) is 0.273. The maximum Gasteiger partial charge on any atom is 0.0722 e. The van der Waals surface area contributed by atoms with Gasteiger partial charge in [-0.3, -0.25) is 4.21 Å². The highest BCUT2D eigenvalue weighted by Gasteiger charge is 2.13. The van der Waals surface area contributed by atoms with Gasteiger partial charge in [0.1, 0.15) is 0 Å². The van der Waals surface area contributed by atoms with Gasteiger partial charge in [0.05, 0.1) is 15.0 Å². The lowest BCUT2D eigenvalue weighted by Crippen LogP contribution is -2.06. The Hall–Kier alpha value is -0.540. The van der Waals surface area contributed by atoms with Gasteiger partial charge in [-0.05, 0) is 23.8 Å². The van der Waals surface area contributed by atoms with Crippen molar-refractivity contribution in [3.8, 4) is 0 Å². The summed E-state index contributed by atoms with van der Waals surface area (Å²) >= 11 is 1.73. The van der Waals surface area contributed by atoms with Gasteiger partial charge >= 0.3 is 0 Å². The van der Waals surface area contributed by atoms with Crippen molar-refractivity contribution in [1.82, 2.24) is 0 Å². The van der Waals surface area contributed by atoms with Crippen LogP contribution in [0.15, 0.2) is 34.6 Å². The molecule has 0 aliphatic carbocycles. The van der Waals surface area contributed by atoms with Crippen molar-refractivity contribution < 1.29 is 4.21 Å². The van der Waals surface area contributed by atoms with Gasteiger partial charge in [0, 0.05) is 5.75 Å². The van der Waals surface area contributed by atoms with Crippen molar-refractivity contribution in [2.75, 3.05) is 11.5 Å².